The summed E-state index contributed by atoms with van der Waals surface area (Å²) in [6.45, 7) is 3.31. The Balaban J connectivity index is 1.21. The lowest BCUT2D eigenvalue weighted by Gasteiger charge is -2.54. The standard InChI is InChI=1S/C25H30N4OS/c30-23(14-20-16-31-25(27-20)21-7-1-3-9-26-21)29-11-5-6-17-12-18-13-19(24(17)29)15-28-10-4-2-8-22(18)28/h1,3,7,9,12,16,18-19,22,24H,2,4-6,8,10-11,13-15H2/t18-,19-,22+,24+/m1/s1. The number of carbonyl (C=O) groups is 1. The van der Waals surface area contributed by atoms with Crippen LogP contribution in [0.2, 0.25) is 0 Å². The average Bonchev–Trinajstić information content (AvgIpc) is 3.28. The Morgan fingerprint density at radius 2 is 2.16 bits per heavy atom. The highest BCUT2D eigenvalue weighted by atomic mass is 32.1. The van der Waals surface area contributed by atoms with E-state index in [0.29, 0.717) is 24.3 Å². The fourth-order valence-electron chi connectivity index (χ4n) is 6.50. The van der Waals surface area contributed by atoms with Crippen molar-refractivity contribution in [2.75, 3.05) is 19.6 Å². The molecule has 2 aromatic heterocycles. The minimum Gasteiger partial charge on any atom is -0.335 e. The molecule has 3 aliphatic heterocycles. The number of amides is 1. The van der Waals surface area contributed by atoms with Gasteiger partial charge in [0, 0.05) is 30.7 Å². The van der Waals surface area contributed by atoms with Gasteiger partial charge in [-0.05, 0) is 62.6 Å². The van der Waals surface area contributed by atoms with Gasteiger partial charge in [-0.1, -0.05) is 24.1 Å². The van der Waals surface area contributed by atoms with Gasteiger partial charge in [-0.2, -0.15) is 0 Å². The molecule has 3 fully saturated rings. The van der Waals surface area contributed by atoms with Crippen molar-refractivity contribution in [3.05, 3.63) is 47.1 Å². The molecule has 0 spiro atoms. The Bertz CT molecular complexity index is 986. The lowest BCUT2D eigenvalue weighted by molar-refractivity contribution is -0.135. The summed E-state index contributed by atoms with van der Waals surface area (Å²) in [7, 11) is 0. The summed E-state index contributed by atoms with van der Waals surface area (Å²) in [6, 6.07) is 6.93. The molecule has 4 aliphatic rings. The molecule has 31 heavy (non-hydrogen) atoms. The van der Waals surface area contributed by atoms with Gasteiger partial charge in [-0.25, -0.2) is 4.98 Å². The molecule has 5 heterocycles. The van der Waals surface area contributed by atoms with E-state index in [4.69, 9.17) is 4.98 Å². The molecule has 0 N–H and O–H groups in total. The van der Waals surface area contributed by atoms with Crippen LogP contribution in [0.15, 0.2) is 41.4 Å². The molecule has 5 nitrogen and oxygen atoms in total. The van der Waals surface area contributed by atoms with Gasteiger partial charge in [0.1, 0.15) is 5.01 Å². The minimum absolute atomic E-state index is 0.243. The van der Waals surface area contributed by atoms with Crippen LogP contribution in [-0.2, 0) is 11.2 Å². The zero-order valence-electron chi connectivity index (χ0n) is 17.9. The molecule has 3 saturated heterocycles. The number of fused-ring (bicyclic) bond motifs is 6. The third-order valence-corrected chi connectivity index (χ3v) is 8.66. The Kier molecular flexibility index (Phi) is 5.15. The number of thiazole rings is 1. The molecule has 2 bridgehead atoms. The Labute approximate surface area is 188 Å². The van der Waals surface area contributed by atoms with Crippen LogP contribution in [-0.4, -0.2) is 57.4 Å². The predicted molar refractivity (Wildman–Crippen MR) is 123 cm³/mol. The second-order valence-corrected chi connectivity index (χ2v) is 10.5. The fraction of sp³-hybridized carbons (Fsp3) is 0.560. The Morgan fingerprint density at radius 3 is 3.06 bits per heavy atom. The molecule has 0 saturated carbocycles. The molecule has 162 valence electrons. The molecular weight excluding hydrogens is 404 g/mol. The van der Waals surface area contributed by atoms with E-state index < -0.39 is 0 Å². The van der Waals surface area contributed by atoms with Crippen LogP contribution >= 0.6 is 11.3 Å². The molecular formula is C25H30N4OS. The molecule has 6 heteroatoms. The van der Waals surface area contributed by atoms with Crippen LogP contribution in [0, 0.1) is 11.8 Å². The second kappa shape index (κ2) is 8.14. The van der Waals surface area contributed by atoms with E-state index >= 15 is 0 Å². The number of aromatic nitrogens is 2. The van der Waals surface area contributed by atoms with Crippen molar-refractivity contribution in [1.29, 1.82) is 0 Å². The SMILES string of the molecule is O=C(Cc1csc(-c2ccccn2)n1)N1CCCC2=C[C@@H]3C[C@H](CN4CCCC[C@@H]34)[C@H]21. The maximum absolute atomic E-state index is 13.4. The van der Waals surface area contributed by atoms with Crippen LogP contribution in [0.3, 0.4) is 0 Å². The van der Waals surface area contributed by atoms with Gasteiger partial charge >= 0.3 is 0 Å². The summed E-state index contributed by atoms with van der Waals surface area (Å²) in [5.74, 6) is 1.55. The first-order valence-electron chi connectivity index (χ1n) is 11.9. The summed E-state index contributed by atoms with van der Waals surface area (Å²) in [4.78, 5) is 27.5. The van der Waals surface area contributed by atoms with Crippen LogP contribution < -0.4 is 0 Å². The average molecular weight is 435 g/mol. The lowest BCUT2D eigenvalue weighted by Crippen LogP contribution is -2.60. The van der Waals surface area contributed by atoms with E-state index in [1.165, 1.54) is 45.2 Å². The summed E-state index contributed by atoms with van der Waals surface area (Å²) >= 11 is 1.58. The van der Waals surface area contributed by atoms with Crippen molar-refractivity contribution in [2.45, 2.75) is 57.0 Å². The van der Waals surface area contributed by atoms with Gasteiger partial charge < -0.3 is 4.90 Å². The maximum Gasteiger partial charge on any atom is 0.229 e. The number of likely N-dealkylation sites (tertiary alicyclic amines) is 1. The normalized spacial score (nSPS) is 30.3. The lowest BCUT2D eigenvalue weighted by atomic mass is 9.68. The smallest absolute Gasteiger partial charge is 0.229 e. The topological polar surface area (TPSA) is 49.3 Å². The van der Waals surface area contributed by atoms with E-state index in [-0.39, 0.29) is 5.91 Å². The van der Waals surface area contributed by atoms with Crippen LogP contribution in [0.5, 0.6) is 0 Å². The van der Waals surface area contributed by atoms with Crippen molar-refractivity contribution < 1.29 is 4.79 Å². The monoisotopic (exact) mass is 434 g/mol. The first-order chi connectivity index (χ1) is 15.3. The van der Waals surface area contributed by atoms with Gasteiger partial charge in [0.05, 0.1) is 23.9 Å². The van der Waals surface area contributed by atoms with E-state index in [9.17, 15) is 4.79 Å². The third kappa shape index (κ3) is 3.64. The van der Waals surface area contributed by atoms with Crippen molar-refractivity contribution >= 4 is 17.2 Å². The van der Waals surface area contributed by atoms with Gasteiger partial charge in [-0.3, -0.25) is 14.7 Å². The Morgan fingerprint density at radius 1 is 1.19 bits per heavy atom. The quantitative estimate of drug-likeness (QED) is 0.681. The van der Waals surface area contributed by atoms with E-state index in [0.717, 1.165) is 35.4 Å². The molecule has 1 amide bonds. The van der Waals surface area contributed by atoms with Crippen molar-refractivity contribution in [3.63, 3.8) is 0 Å². The Hall–Kier alpha value is -2.05. The molecule has 6 rings (SSSR count). The number of carbonyl (C=O) groups excluding carboxylic acids is 1. The highest BCUT2D eigenvalue weighted by molar-refractivity contribution is 7.13. The van der Waals surface area contributed by atoms with Gasteiger partial charge in [0.2, 0.25) is 5.91 Å². The molecule has 2 aromatic rings. The molecule has 4 atom stereocenters. The molecule has 0 aromatic carbocycles. The second-order valence-electron chi connectivity index (χ2n) is 9.63. The largest absolute Gasteiger partial charge is 0.335 e. The molecule has 0 unspecified atom stereocenters. The van der Waals surface area contributed by atoms with E-state index in [2.05, 4.69) is 20.9 Å². The minimum atomic E-state index is 0.243. The van der Waals surface area contributed by atoms with Gasteiger partial charge in [0.25, 0.3) is 0 Å². The number of piperidine rings is 3. The number of hydrogen-bond acceptors (Lipinski definition) is 5. The number of hydrogen-bond donors (Lipinski definition) is 0. The van der Waals surface area contributed by atoms with Crippen molar-refractivity contribution in [3.8, 4) is 10.7 Å². The maximum atomic E-state index is 13.4. The molecule has 0 radical (unpaired) electrons. The fourth-order valence-corrected chi connectivity index (χ4v) is 7.30. The van der Waals surface area contributed by atoms with Crippen LogP contribution in [0.1, 0.15) is 44.2 Å². The van der Waals surface area contributed by atoms with Gasteiger partial charge in [0.15, 0.2) is 0 Å². The van der Waals surface area contributed by atoms with Crippen molar-refractivity contribution in [2.24, 2.45) is 11.8 Å². The van der Waals surface area contributed by atoms with Crippen LogP contribution in [0.4, 0.5) is 0 Å². The number of nitrogens with zero attached hydrogens (tertiary/aromatic N) is 4. The first kappa shape index (κ1) is 19.6. The zero-order chi connectivity index (χ0) is 20.8. The first-order valence-corrected chi connectivity index (χ1v) is 12.7. The summed E-state index contributed by atoms with van der Waals surface area (Å²) in [5.41, 5.74) is 3.31. The zero-order valence-corrected chi connectivity index (χ0v) is 18.8. The highest BCUT2D eigenvalue weighted by Gasteiger charge is 2.46. The van der Waals surface area contributed by atoms with E-state index in [1.807, 2.05) is 23.6 Å². The van der Waals surface area contributed by atoms with Gasteiger partial charge in [-0.15, -0.1) is 11.3 Å². The molecule has 1 aliphatic carbocycles. The summed E-state index contributed by atoms with van der Waals surface area (Å²) in [6.07, 6.45) is 12.4. The third-order valence-electron chi connectivity index (χ3n) is 7.75. The van der Waals surface area contributed by atoms with Crippen molar-refractivity contribution in [1.82, 2.24) is 19.8 Å². The highest BCUT2D eigenvalue weighted by Crippen LogP contribution is 2.45. The van der Waals surface area contributed by atoms with Crippen LogP contribution in [0.25, 0.3) is 10.7 Å². The predicted octanol–water partition coefficient (Wildman–Crippen LogP) is 4.17. The number of pyridine rings is 1. The van der Waals surface area contributed by atoms with E-state index in [1.54, 1.807) is 23.1 Å². The number of rotatable bonds is 3. The summed E-state index contributed by atoms with van der Waals surface area (Å²) in [5, 5.41) is 2.92. The summed E-state index contributed by atoms with van der Waals surface area (Å²) < 4.78 is 0.